The van der Waals surface area contributed by atoms with Crippen molar-refractivity contribution in [2.75, 3.05) is 18.6 Å². The molecule has 0 saturated heterocycles. The highest BCUT2D eigenvalue weighted by atomic mass is 32.2. The van der Waals surface area contributed by atoms with Gasteiger partial charge in [0.05, 0.1) is 0 Å². The maximum Gasteiger partial charge on any atom is 0.00695 e. The van der Waals surface area contributed by atoms with Gasteiger partial charge >= 0.3 is 0 Å². The molecule has 0 fully saturated rings. The minimum absolute atomic E-state index is 0.0511. The van der Waals surface area contributed by atoms with E-state index in [1.807, 2.05) is 0 Å². The summed E-state index contributed by atoms with van der Waals surface area (Å²) >= 11 is 1.78. The predicted octanol–water partition coefficient (Wildman–Crippen LogP) is 5.73. The van der Waals surface area contributed by atoms with E-state index in [0.717, 1.165) is 0 Å². The van der Waals surface area contributed by atoms with E-state index in [-0.39, 0.29) is 7.92 Å². The highest BCUT2D eigenvalue weighted by molar-refractivity contribution is 7.98. The normalized spacial score (nSPS) is 11.4. The number of thioether (sulfide) groups is 1. The fourth-order valence-corrected chi connectivity index (χ4v) is 4.45. The van der Waals surface area contributed by atoms with Crippen LogP contribution in [0.2, 0.25) is 0 Å². The molecule has 2 heteroatoms. The Hall–Kier alpha value is -1.04. The van der Waals surface area contributed by atoms with E-state index in [0.29, 0.717) is 0 Å². The van der Waals surface area contributed by atoms with Crippen LogP contribution in [0.1, 0.15) is 25.0 Å². The molecule has 0 N–H and O–H groups in total. The van der Waals surface area contributed by atoms with Crippen LogP contribution in [0.4, 0.5) is 0 Å². The highest BCUT2D eigenvalue weighted by Crippen LogP contribution is 2.32. The SMILES string of the molecule is CCP(CC)c1ccc(/C=C/c2ccc(SC)cc2)cc1. The highest BCUT2D eigenvalue weighted by Gasteiger charge is 2.04. The van der Waals surface area contributed by atoms with Crippen LogP contribution in [0, 0.1) is 0 Å². The summed E-state index contributed by atoms with van der Waals surface area (Å²) in [6.45, 7) is 4.59. The first-order valence-electron chi connectivity index (χ1n) is 7.44. The van der Waals surface area contributed by atoms with Crippen LogP contribution in [0.5, 0.6) is 0 Å². The molecule has 2 aromatic rings. The van der Waals surface area contributed by atoms with Gasteiger partial charge in [0.25, 0.3) is 0 Å². The van der Waals surface area contributed by atoms with Crippen LogP contribution in [-0.2, 0) is 0 Å². The zero-order chi connectivity index (χ0) is 15.1. The summed E-state index contributed by atoms with van der Waals surface area (Å²) in [5.41, 5.74) is 2.52. The summed E-state index contributed by atoms with van der Waals surface area (Å²) in [7, 11) is 0.0511. The first kappa shape index (κ1) is 16.3. The lowest BCUT2D eigenvalue weighted by Gasteiger charge is -2.13. The molecule has 2 aromatic carbocycles. The van der Waals surface area contributed by atoms with Crippen LogP contribution in [0.15, 0.2) is 53.4 Å². The molecule has 2 rings (SSSR count). The van der Waals surface area contributed by atoms with Crippen molar-refractivity contribution in [2.24, 2.45) is 0 Å². The summed E-state index contributed by atoms with van der Waals surface area (Å²) in [5.74, 6) is 0. The maximum atomic E-state index is 2.30. The number of rotatable bonds is 6. The van der Waals surface area contributed by atoms with Crippen LogP contribution in [-0.4, -0.2) is 18.6 Å². The van der Waals surface area contributed by atoms with E-state index in [1.54, 1.807) is 11.8 Å². The zero-order valence-corrected chi connectivity index (χ0v) is 14.8. The van der Waals surface area contributed by atoms with E-state index >= 15 is 0 Å². The second-order valence-corrected chi connectivity index (χ2v) is 8.61. The molecule has 0 aliphatic heterocycles. The molecular formula is C19H23PS. The van der Waals surface area contributed by atoms with Gasteiger partial charge < -0.3 is 0 Å². The molecule has 0 aromatic heterocycles. The smallest absolute Gasteiger partial charge is 0.00695 e. The fourth-order valence-electron chi connectivity index (χ4n) is 2.29. The molecule has 0 nitrogen and oxygen atoms in total. The zero-order valence-electron chi connectivity index (χ0n) is 13.0. The molecule has 0 amide bonds. The molecule has 0 spiro atoms. The van der Waals surface area contributed by atoms with E-state index in [9.17, 15) is 0 Å². The van der Waals surface area contributed by atoms with Crippen molar-refractivity contribution >= 4 is 37.1 Å². The Balaban J connectivity index is 2.06. The standard InChI is InChI=1S/C19H23PS/c1-4-20(5-2)18-12-8-16(9-13-18)6-7-17-10-14-19(21-3)15-11-17/h6-15H,4-5H2,1-3H3/b7-6+. The molecule has 0 aliphatic carbocycles. The van der Waals surface area contributed by atoms with E-state index in [2.05, 4.69) is 80.8 Å². The third kappa shape index (κ3) is 4.73. The Bertz CT molecular complexity index is 566. The minimum Gasteiger partial charge on any atom is -0.130 e. The van der Waals surface area contributed by atoms with E-state index in [1.165, 1.54) is 33.7 Å². The molecule has 0 aliphatic rings. The van der Waals surface area contributed by atoms with Gasteiger partial charge in [-0.25, -0.2) is 0 Å². The lowest BCUT2D eigenvalue weighted by atomic mass is 10.1. The van der Waals surface area contributed by atoms with Gasteiger partial charge in [-0.3, -0.25) is 0 Å². The molecule has 0 saturated carbocycles. The Morgan fingerprint density at radius 1 is 0.810 bits per heavy atom. The summed E-state index contributed by atoms with van der Waals surface area (Å²) in [6, 6.07) is 17.8. The van der Waals surface area contributed by atoms with Gasteiger partial charge in [0.15, 0.2) is 0 Å². The topological polar surface area (TPSA) is 0 Å². The minimum atomic E-state index is 0.0511. The molecule has 0 radical (unpaired) electrons. The second kappa shape index (κ2) is 8.41. The summed E-state index contributed by atoms with van der Waals surface area (Å²) in [4.78, 5) is 1.31. The molecule has 0 atom stereocenters. The van der Waals surface area contributed by atoms with Gasteiger partial charge in [0.2, 0.25) is 0 Å². The van der Waals surface area contributed by atoms with E-state index < -0.39 is 0 Å². The van der Waals surface area contributed by atoms with E-state index in [4.69, 9.17) is 0 Å². The summed E-state index contributed by atoms with van der Waals surface area (Å²) < 4.78 is 0. The van der Waals surface area contributed by atoms with Gasteiger partial charge in [-0.1, -0.05) is 70.3 Å². The van der Waals surface area contributed by atoms with Crippen LogP contribution in [0.3, 0.4) is 0 Å². The van der Waals surface area contributed by atoms with Gasteiger partial charge in [0, 0.05) is 4.90 Å². The van der Waals surface area contributed by atoms with Crippen molar-refractivity contribution in [1.82, 2.24) is 0 Å². The van der Waals surface area contributed by atoms with Crippen LogP contribution in [0.25, 0.3) is 12.2 Å². The Morgan fingerprint density at radius 2 is 1.29 bits per heavy atom. The largest absolute Gasteiger partial charge is 0.130 e. The maximum absolute atomic E-state index is 2.30. The van der Waals surface area contributed by atoms with Gasteiger partial charge in [0.1, 0.15) is 0 Å². The van der Waals surface area contributed by atoms with Crippen molar-refractivity contribution in [3.63, 3.8) is 0 Å². The average molecular weight is 314 g/mol. The summed E-state index contributed by atoms with van der Waals surface area (Å²) in [5, 5.41) is 1.52. The Morgan fingerprint density at radius 3 is 1.71 bits per heavy atom. The quantitative estimate of drug-likeness (QED) is 0.373. The fraction of sp³-hybridized carbons (Fsp3) is 0.263. The van der Waals surface area contributed by atoms with Crippen molar-refractivity contribution in [3.8, 4) is 0 Å². The third-order valence-corrected chi connectivity index (χ3v) is 6.90. The molecular weight excluding hydrogens is 291 g/mol. The lowest BCUT2D eigenvalue weighted by Crippen LogP contribution is -2.03. The number of hydrogen-bond donors (Lipinski definition) is 0. The number of hydrogen-bond acceptors (Lipinski definition) is 1. The molecule has 0 bridgehead atoms. The summed E-state index contributed by atoms with van der Waals surface area (Å²) in [6.07, 6.45) is 9.04. The molecule has 21 heavy (non-hydrogen) atoms. The second-order valence-electron chi connectivity index (χ2n) is 4.87. The van der Waals surface area contributed by atoms with Crippen LogP contribution < -0.4 is 5.30 Å². The van der Waals surface area contributed by atoms with Gasteiger partial charge in [-0.2, -0.15) is 0 Å². The van der Waals surface area contributed by atoms with Gasteiger partial charge in [-0.15, -0.1) is 11.8 Å². The monoisotopic (exact) mass is 314 g/mol. The number of benzene rings is 2. The Labute approximate surface area is 134 Å². The Kier molecular flexibility index (Phi) is 6.54. The molecule has 0 unspecified atom stereocenters. The van der Waals surface area contributed by atoms with Crippen molar-refractivity contribution in [3.05, 3.63) is 59.7 Å². The first-order valence-corrected chi connectivity index (χ1v) is 10.4. The van der Waals surface area contributed by atoms with Crippen molar-refractivity contribution in [1.29, 1.82) is 0 Å². The van der Waals surface area contributed by atoms with Crippen molar-refractivity contribution < 1.29 is 0 Å². The third-order valence-electron chi connectivity index (χ3n) is 3.61. The van der Waals surface area contributed by atoms with Crippen LogP contribution >= 0.6 is 19.7 Å². The van der Waals surface area contributed by atoms with Gasteiger partial charge in [-0.05, 0) is 47.1 Å². The predicted molar refractivity (Wildman–Crippen MR) is 101 cm³/mol. The van der Waals surface area contributed by atoms with Crippen molar-refractivity contribution in [2.45, 2.75) is 18.7 Å². The average Bonchev–Trinajstić information content (AvgIpc) is 2.55. The lowest BCUT2D eigenvalue weighted by molar-refractivity contribution is 1.42. The molecule has 0 heterocycles. The molecule has 110 valence electrons. The first-order chi connectivity index (χ1) is 10.3.